The third-order valence-electron chi connectivity index (χ3n) is 5.32. The normalized spacial score (nSPS) is 12.6. The molecule has 1 aliphatic rings. The predicted molar refractivity (Wildman–Crippen MR) is 117 cm³/mol. The highest BCUT2D eigenvalue weighted by Crippen LogP contribution is 2.27. The number of ether oxygens (including phenoxy) is 1. The van der Waals surface area contributed by atoms with Crippen LogP contribution in [-0.4, -0.2) is 29.7 Å². The fourth-order valence-corrected chi connectivity index (χ4v) is 3.66. The molecule has 1 N–H and O–H groups in total. The Morgan fingerprint density at radius 3 is 2.26 bits per heavy atom. The van der Waals surface area contributed by atoms with Crippen LogP contribution in [0.2, 0.25) is 0 Å². The molecule has 0 radical (unpaired) electrons. The first kappa shape index (κ1) is 20.3. The number of carbonyl (C=O) groups is 3. The van der Waals surface area contributed by atoms with Crippen LogP contribution < -0.4 is 10.1 Å². The largest absolute Gasteiger partial charge is 0.496 e. The molecule has 4 rings (SSSR count). The molecule has 0 saturated heterocycles. The first-order chi connectivity index (χ1) is 15.0. The van der Waals surface area contributed by atoms with Gasteiger partial charge in [0.1, 0.15) is 5.75 Å². The molecule has 0 aromatic heterocycles. The average Bonchev–Trinajstić information content (AvgIpc) is 3.04. The number of methoxy groups -OCH3 is 1. The van der Waals surface area contributed by atoms with E-state index in [1.165, 1.54) is 12.0 Å². The minimum absolute atomic E-state index is 0.0714. The van der Waals surface area contributed by atoms with Crippen LogP contribution in [0.5, 0.6) is 5.75 Å². The van der Waals surface area contributed by atoms with E-state index in [1.807, 2.05) is 31.2 Å². The molecule has 3 amide bonds. The summed E-state index contributed by atoms with van der Waals surface area (Å²) in [5, 5.41) is 2.89. The van der Waals surface area contributed by atoms with Crippen molar-refractivity contribution in [2.24, 2.45) is 0 Å². The van der Waals surface area contributed by atoms with Crippen LogP contribution >= 0.6 is 0 Å². The molecule has 1 heterocycles. The Kier molecular flexibility index (Phi) is 5.54. The van der Waals surface area contributed by atoms with Crippen molar-refractivity contribution < 1.29 is 19.1 Å². The summed E-state index contributed by atoms with van der Waals surface area (Å²) in [6.07, 6.45) is 0.864. The number of nitrogens with one attached hydrogen (secondary N) is 1. The Morgan fingerprint density at radius 2 is 1.61 bits per heavy atom. The van der Waals surface area contributed by atoms with Gasteiger partial charge in [-0.1, -0.05) is 37.3 Å². The molecule has 0 spiro atoms. The van der Waals surface area contributed by atoms with Crippen LogP contribution in [0.1, 0.15) is 49.1 Å². The second kappa shape index (κ2) is 8.44. The van der Waals surface area contributed by atoms with E-state index in [-0.39, 0.29) is 24.3 Å². The second-order valence-electron chi connectivity index (χ2n) is 7.28. The van der Waals surface area contributed by atoms with Crippen molar-refractivity contribution in [1.82, 2.24) is 4.90 Å². The summed E-state index contributed by atoms with van der Waals surface area (Å²) in [7, 11) is 1.49. The zero-order valence-corrected chi connectivity index (χ0v) is 17.3. The minimum Gasteiger partial charge on any atom is -0.496 e. The van der Waals surface area contributed by atoms with Crippen LogP contribution in [0.15, 0.2) is 66.7 Å². The lowest BCUT2D eigenvalue weighted by Gasteiger charge is -2.16. The number of amides is 3. The third-order valence-corrected chi connectivity index (χ3v) is 5.32. The summed E-state index contributed by atoms with van der Waals surface area (Å²) in [4.78, 5) is 39.5. The van der Waals surface area contributed by atoms with Gasteiger partial charge in [0.25, 0.3) is 17.7 Å². The van der Waals surface area contributed by atoms with Gasteiger partial charge in [0.2, 0.25) is 0 Å². The van der Waals surface area contributed by atoms with E-state index < -0.39 is 0 Å². The van der Waals surface area contributed by atoms with Gasteiger partial charge < -0.3 is 10.1 Å². The summed E-state index contributed by atoms with van der Waals surface area (Å²) in [5.41, 5.74) is 3.59. The zero-order chi connectivity index (χ0) is 22.0. The van der Waals surface area contributed by atoms with Gasteiger partial charge in [-0.25, -0.2) is 0 Å². The molecule has 0 atom stereocenters. The molecule has 6 heteroatoms. The number of aryl methyl sites for hydroxylation is 1. The van der Waals surface area contributed by atoms with Crippen molar-refractivity contribution >= 4 is 23.4 Å². The lowest BCUT2D eigenvalue weighted by molar-refractivity contribution is 0.0642. The van der Waals surface area contributed by atoms with E-state index in [0.29, 0.717) is 33.7 Å². The molecule has 0 aliphatic carbocycles. The first-order valence-corrected chi connectivity index (χ1v) is 10.0. The number of nitrogens with zero attached hydrogens (tertiary/aromatic N) is 1. The van der Waals surface area contributed by atoms with E-state index in [4.69, 9.17) is 4.74 Å². The SMILES string of the molecule is CCc1cccc(NC(=O)c2cc(CN3C(=O)c4ccccc4C3=O)ccc2OC)c1. The summed E-state index contributed by atoms with van der Waals surface area (Å²) in [5.74, 6) is -0.581. The molecule has 0 saturated carbocycles. The molecule has 31 heavy (non-hydrogen) atoms. The van der Waals surface area contributed by atoms with Gasteiger partial charge in [0, 0.05) is 5.69 Å². The minimum atomic E-state index is -0.334. The molecule has 3 aromatic carbocycles. The molecule has 0 bridgehead atoms. The van der Waals surface area contributed by atoms with E-state index >= 15 is 0 Å². The second-order valence-corrected chi connectivity index (χ2v) is 7.28. The van der Waals surface area contributed by atoms with Gasteiger partial charge in [-0.2, -0.15) is 0 Å². The van der Waals surface area contributed by atoms with Crippen LogP contribution in [0.25, 0.3) is 0 Å². The Bertz CT molecular complexity index is 1150. The highest BCUT2D eigenvalue weighted by Gasteiger charge is 2.35. The number of benzene rings is 3. The standard InChI is InChI=1S/C25H22N2O4/c1-3-16-7-6-8-18(13-16)26-23(28)21-14-17(11-12-22(21)31-2)15-27-24(29)19-9-4-5-10-20(19)25(27)30/h4-14H,3,15H2,1-2H3,(H,26,28). The monoisotopic (exact) mass is 414 g/mol. The number of hydrogen-bond acceptors (Lipinski definition) is 4. The topological polar surface area (TPSA) is 75.7 Å². The quantitative estimate of drug-likeness (QED) is 0.610. The number of rotatable bonds is 6. The molecule has 0 fully saturated rings. The Hall–Kier alpha value is -3.93. The van der Waals surface area contributed by atoms with Crippen molar-refractivity contribution in [1.29, 1.82) is 0 Å². The van der Waals surface area contributed by atoms with Gasteiger partial charge >= 0.3 is 0 Å². The van der Waals surface area contributed by atoms with Gasteiger partial charge in [0.15, 0.2) is 0 Å². The van der Waals surface area contributed by atoms with Gasteiger partial charge in [0.05, 0.1) is 30.3 Å². The van der Waals surface area contributed by atoms with Gasteiger partial charge in [-0.3, -0.25) is 19.3 Å². The van der Waals surface area contributed by atoms with E-state index in [0.717, 1.165) is 12.0 Å². The van der Waals surface area contributed by atoms with Crippen molar-refractivity contribution in [2.45, 2.75) is 19.9 Å². The van der Waals surface area contributed by atoms with Crippen LogP contribution in [0, 0.1) is 0 Å². The molecule has 1 aliphatic heterocycles. The van der Waals surface area contributed by atoms with Crippen molar-refractivity contribution in [2.75, 3.05) is 12.4 Å². The highest BCUT2D eigenvalue weighted by molar-refractivity contribution is 6.21. The van der Waals surface area contributed by atoms with Gasteiger partial charge in [-0.05, 0) is 53.9 Å². The summed E-state index contributed by atoms with van der Waals surface area (Å²) < 4.78 is 5.36. The Labute approximate surface area is 180 Å². The Balaban J connectivity index is 1.58. The highest BCUT2D eigenvalue weighted by atomic mass is 16.5. The average molecular weight is 414 g/mol. The third kappa shape index (κ3) is 3.92. The van der Waals surface area contributed by atoms with E-state index in [1.54, 1.807) is 42.5 Å². The fraction of sp³-hybridized carbons (Fsp3) is 0.160. The number of hydrogen-bond donors (Lipinski definition) is 1. The fourth-order valence-electron chi connectivity index (χ4n) is 3.66. The van der Waals surface area contributed by atoms with Crippen LogP contribution in [0.3, 0.4) is 0 Å². The molecule has 3 aromatic rings. The molecular formula is C25H22N2O4. The lowest BCUT2D eigenvalue weighted by Crippen LogP contribution is -2.29. The molecule has 0 unspecified atom stereocenters. The lowest BCUT2D eigenvalue weighted by atomic mass is 10.1. The maximum atomic E-state index is 13.0. The zero-order valence-electron chi connectivity index (χ0n) is 17.3. The Morgan fingerprint density at radius 1 is 0.903 bits per heavy atom. The van der Waals surface area contributed by atoms with Gasteiger partial charge in [-0.15, -0.1) is 0 Å². The first-order valence-electron chi connectivity index (χ1n) is 10.0. The summed E-state index contributed by atoms with van der Waals surface area (Å²) in [6, 6.07) is 19.5. The van der Waals surface area contributed by atoms with Crippen molar-refractivity contribution in [3.05, 3.63) is 94.5 Å². The summed E-state index contributed by atoms with van der Waals surface area (Å²) in [6.45, 7) is 2.12. The van der Waals surface area contributed by atoms with E-state index in [9.17, 15) is 14.4 Å². The van der Waals surface area contributed by atoms with Crippen LogP contribution in [-0.2, 0) is 13.0 Å². The maximum Gasteiger partial charge on any atom is 0.261 e. The molecule has 156 valence electrons. The predicted octanol–water partition coefficient (Wildman–Crippen LogP) is 4.31. The number of anilines is 1. The summed E-state index contributed by atoms with van der Waals surface area (Å²) >= 11 is 0. The number of fused-ring (bicyclic) bond motifs is 1. The van der Waals surface area contributed by atoms with Crippen molar-refractivity contribution in [3.8, 4) is 5.75 Å². The van der Waals surface area contributed by atoms with E-state index in [2.05, 4.69) is 5.32 Å². The van der Waals surface area contributed by atoms with Crippen molar-refractivity contribution in [3.63, 3.8) is 0 Å². The number of imide groups is 1. The maximum absolute atomic E-state index is 13.0. The molecular weight excluding hydrogens is 392 g/mol. The smallest absolute Gasteiger partial charge is 0.261 e. The molecule has 6 nitrogen and oxygen atoms in total. The number of carbonyl (C=O) groups excluding carboxylic acids is 3. The van der Waals surface area contributed by atoms with Crippen LogP contribution in [0.4, 0.5) is 5.69 Å².